The van der Waals surface area contributed by atoms with Gasteiger partial charge in [-0.2, -0.15) is 0 Å². The number of amides is 1. The normalized spacial score (nSPS) is 10.2. The van der Waals surface area contributed by atoms with Crippen molar-refractivity contribution >= 4 is 11.6 Å². The molecule has 0 bridgehead atoms. The SMILES string of the molecule is CCNc1ccccc1C(=O)N(C)CCOCC. The molecule has 0 fully saturated rings. The summed E-state index contributed by atoms with van der Waals surface area (Å²) in [6.07, 6.45) is 0. The molecule has 1 aromatic carbocycles. The summed E-state index contributed by atoms with van der Waals surface area (Å²) < 4.78 is 5.26. The summed E-state index contributed by atoms with van der Waals surface area (Å²) in [4.78, 5) is 14.0. The molecule has 0 saturated heterocycles. The number of benzene rings is 1. The highest BCUT2D eigenvalue weighted by Gasteiger charge is 2.14. The van der Waals surface area contributed by atoms with E-state index in [2.05, 4.69) is 5.32 Å². The lowest BCUT2D eigenvalue weighted by Gasteiger charge is -2.19. The Hall–Kier alpha value is -1.55. The lowest BCUT2D eigenvalue weighted by atomic mass is 10.1. The summed E-state index contributed by atoms with van der Waals surface area (Å²) >= 11 is 0. The minimum atomic E-state index is 0.0197. The maximum atomic E-state index is 12.3. The third-order valence-corrected chi connectivity index (χ3v) is 2.65. The Labute approximate surface area is 109 Å². The maximum Gasteiger partial charge on any atom is 0.255 e. The molecule has 0 saturated carbocycles. The molecule has 0 aliphatic rings. The van der Waals surface area contributed by atoms with Gasteiger partial charge in [-0.05, 0) is 26.0 Å². The first-order valence-electron chi connectivity index (χ1n) is 6.36. The molecule has 0 atom stereocenters. The first-order valence-corrected chi connectivity index (χ1v) is 6.36. The molecule has 0 heterocycles. The van der Waals surface area contributed by atoms with Crippen molar-refractivity contribution in [2.75, 3.05) is 38.7 Å². The van der Waals surface area contributed by atoms with E-state index in [-0.39, 0.29) is 5.91 Å². The van der Waals surface area contributed by atoms with E-state index >= 15 is 0 Å². The Kier molecular flexibility index (Phi) is 6.22. The quantitative estimate of drug-likeness (QED) is 0.754. The van der Waals surface area contributed by atoms with Crippen LogP contribution in [0.25, 0.3) is 0 Å². The molecule has 0 aliphatic carbocycles. The molecule has 0 aliphatic heterocycles. The molecule has 100 valence electrons. The van der Waals surface area contributed by atoms with Gasteiger partial charge in [-0.3, -0.25) is 4.79 Å². The number of rotatable bonds is 7. The van der Waals surface area contributed by atoms with Crippen molar-refractivity contribution in [2.45, 2.75) is 13.8 Å². The van der Waals surface area contributed by atoms with Crippen molar-refractivity contribution < 1.29 is 9.53 Å². The third kappa shape index (κ3) is 4.04. The molecule has 0 radical (unpaired) electrons. The number of nitrogens with zero attached hydrogens (tertiary/aromatic N) is 1. The van der Waals surface area contributed by atoms with Crippen molar-refractivity contribution in [1.29, 1.82) is 0 Å². The van der Waals surface area contributed by atoms with E-state index in [9.17, 15) is 4.79 Å². The minimum absolute atomic E-state index is 0.0197. The molecule has 1 rings (SSSR count). The highest BCUT2D eigenvalue weighted by atomic mass is 16.5. The van der Waals surface area contributed by atoms with Gasteiger partial charge in [0.1, 0.15) is 0 Å². The highest BCUT2D eigenvalue weighted by Crippen LogP contribution is 2.16. The third-order valence-electron chi connectivity index (χ3n) is 2.65. The van der Waals surface area contributed by atoms with E-state index in [0.717, 1.165) is 12.2 Å². The van der Waals surface area contributed by atoms with Crippen LogP contribution in [0.3, 0.4) is 0 Å². The average molecular weight is 250 g/mol. The lowest BCUT2D eigenvalue weighted by Crippen LogP contribution is -2.30. The van der Waals surface area contributed by atoms with Gasteiger partial charge < -0.3 is 15.0 Å². The van der Waals surface area contributed by atoms with Gasteiger partial charge in [-0.1, -0.05) is 12.1 Å². The van der Waals surface area contributed by atoms with Gasteiger partial charge in [0.15, 0.2) is 0 Å². The second kappa shape index (κ2) is 7.71. The molecule has 18 heavy (non-hydrogen) atoms. The van der Waals surface area contributed by atoms with Gasteiger partial charge in [-0.15, -0.1) is 0 Å². The van der Waals surface area contributed by atoms with Crippen molar-refractivity contribution in [3.05, 3.63) is 29.8 Å². The van der Waals surface area contributed by atoms with Gasteiger partial charge in [0, 0.05) is 32.4 Å². The fraction of sp³-hybridized carbons (Fsp3) is 0.500. The molecular formula is C14H22N2O2. The van der Waals surface area contributed by atoms with Gasteiger partial charge in [0.05, 0.1) is 12.2 Å². The molecule has 4 heteroatoms. The van der Waals surface area contributed by atoms with Crippen LogP contribution in [0.4, 0.5) is 5.69 Å². The average Bonchev–Trinajstić information content (AvgIpc) is 2.39. The standard InChI is InChI=1S/C14H22N2O2/c1-4-15-13-9-7-6-8-12(13)14(17)16(3)10-11-18-5-2/h6-9,15H,4-5,10-11H2,1-3H3. The zero-order chi connectivity index (χ0) is 13.4. The second-order valence-electron chi connectivity index (χ2n) is 4.00. The number of anilines is 1. The predicted molar refractivity (Wildman–Crippen MR) is 74.1 cm³/mol. The van der Waals surface area contributed by atoms with Crippen LogP contribution >= 0.6 is 0 Å². The van der Waals surface area contributed by atoms with E-state index in [4.69, 9.17) is 4.74 Å². The Bertz CT molecular complexity index is 380. The summed E-state index contributed by atoms with van der Waals surface area (Å²) in [5.74, 6) is 0.0197. The number of carbonyl (C=O) groups excluding carboxylic acids is 1. The van der Waals surface area contributed by atoms with Gasteiger partial charge in [0.25, 0.3) is 5.91 Å². The minimum Gasteiger partial charge on any atom is -0.385 e. The topological polar surface area (TPSA) is 41.6 Å². The van der Waals surface area contributed by atoms with E-state index in [1.807, 2.05) is 38.1 Å². The van der Waals surface area contributed by atoms with E-state index in [0.29, 0.717) is 25.3 Å². The smallest absolute Gasteiger partial charge is 0.255 e. The molecule has 4 nitrogen and oxygen atoms in total. The van der Waals surface area contributed by atoms with Crippen LogP contribution in [0.1, 0.15) is 24.2 Å². The summed E-state index contributed by atoms with van der Waals surface area (Å²) in [6, 6.07) is 7.57. The Morgan fingerprint density at radius 3 is 2.72 bits per heavy atom. The van der Waals surface area contributed by atoms with Crippen LogP contribution in [0.15, 0.2) is 24.3 Å². The predicted octanol–water partition coefficient (Wildman–Crippen LogP) is 2.23. The van der Waals surface area contributed by atoms with Gasteiger partial charge in [-0.25, -0.2) is 0 Å². The monoisotopic (exact) mass is 250 g/mol. The fourth-order valence-corrected chi connectivity index (χ4v) is 1.67. The van der Waals surface area contributed by atoms with Crippen LogP contribution < -0.4 is 5.32 Å². The van der Waals surface area contributed by atoms with Crippen molar-refractivity contribution in [1.82, 2.24) is 4.90 Å². The fourth-order valence-electron chi connectivity index (χ4n) is 1.67. The number of carbonyl (C=O) groups is 1. The Morgan fingerprint density at radius 1 is 1.33 bits per heavy atom. The second-order valence-corrected chi connectivity index (χ2v) is 4.00. The van der Waals surface area contributed by atoms with Gasteiger partial charge >= 0.3 is 0 Å². The summed E-state index contributed by atoms with van der Waals surface area (Å²) in [5, 5.41) is 3.20. The van der Waals surface area contributed by atoms with Crippen LogP contribution in [0.5, 0.6) is 0 Å². The largest absolute Gasteiger partial charge is 0.385 e. The zero-order valence-corrected chi connectivity index (χ0v) is 11.4. The lowest BCUT2D eigenvalue weighted by molar-refractivity contribution is 0.0711. The molecule has 0 spiro atoms. The molecular weight excluding hydrogens is 228 g/mol. The summed E-state index contributed by atoms with van der Waals surface area (Å²) in [7, 11) is 1.80. The number of para-hydroxylation sites is 1. The molecule has 1 amide bonds. The number of hydrogen-bond acceptors (Lipinski definition) is 3. The van der Waals surface area contributed by atoms with E-state index in [1.165, 1.54) is 0 Å². The number of hydrogen-bond donors (Lipinski definition) is 1. The van der Waals surface area contributed by atoms with Gasteiger partial charge in [0.2, 0.25) is 0 Å². The van der Waals surface area contributed by atoms with E-state index < -0.39 is 0 Å². The van der Waals surface area contributed by atoms with Crippen LogP contribution in [-0.4, -0.2) is 44.2 Å². The molecule has 0 unspecified atom stereocenters. The number of ether oxygens (including phenoxy) is 1. The Morgan fingerprint density at radius 2 is 2.06 bits per heavy atom. The Balaban J connectivity index is 2.70. The first-order chi connectivity index (χ1) is 8.70. The van der Waals surface area contributed by atoms with Crippen LogP contribution in [0.2, 0.25) is 0 Å². The summed E-state index contributed by atoms with van der Waals surface area (Å²) in [5.41, 5.74) is 1.59. The van der Waals surface area contributed by atoms with E-state index in [1.54, 1.807) is 11.9 Å². The number of nitrogens with one attached hydrogen (secondary N) is 1. The van der Waals surface area contributed by atoms with Crippen molar-refractivity contribution in [3.8, 4) is 0 Å². The zero-order valence-electron chi connectivity index (χ0n) is 11.4. The number of likely N-dealkylation sites (N-methyl/N-ethyl adjacent to an activating group) is 1. The first kappa shape index (κ1) is 14.5. The molecule has 1 N–H and O–H groups in total. The van der Waals surface area contributed by atoms with Crippen molar-refractivity contribution in [3.63, 3.8) is 0 Å². The van der Waals surface area contributed by atoms with Crippen LogP contribution in [0, 0.1) is 0 Å². The maximum absolute atomic E-state index is 12.3. The highest BCUT2D eigenvalue weighted by molar-refractivity contribution is 5.99. The molecule has 1 aromatic rings. The van der Waals surface area contributed by atoms with Crippen molar-refractivity contribution in [2.24, 2.45) is 0 Å². The van der Waals surface area contributed by atoms with Crippen LogP contribution in [-0.2, 0) is 4.74 Å². The molecule has 0 aromatic heterocycles. The summed E-state index contributed by atoms with van der Waals surface area (Å²) in [6.45, 7) is 6.61.